The molecule has 1 amide bonds. The van der Waals surface area contributed by atoms with E-state index in [-0.39, 0.29) is 11.2 Å². The van der Waals surface area contributed by atoms with Crippen LogP contribution in [0.3, 0.4) is 0 Å². The van der Waals surface area contributed by atoms with Crippen molar-refractivity contribution in [2.75, 3.05) is 17.3 Å². The van der Waals surface area contributed by atoms with Crippen molar-refractivity contribution >= 4 is 44.8 Å². The fourth-order valence-corrected chi connectivity index (χ4v) is 2.16. The first-order valence-corrected chi connectivity index (χ1v) is 6.71. The molecule has 0 aliphatic rings. The molecule has 0 aromatic carbocycles. The van der Waals surface area contributed by atoms with Crippen molar-refractivity contribution in [3.8, 4) is 0 Å². The minimum Gasteiger partial charge on any atom is -0.462 e. The first-order valence-electron chi connectivity index (χ1n) is 4.71. The van der Waals surface area contributed by atoms with Crippen molar-refractivity contribution in [1.82, 2.24) is 0 Å². The van der Waals surface area contributed by atoms with Gasteiger partial charge in [0.2, 0.25) is 5.91 Å². The summed E-state index contributed by atoms with van der Waals surface area (Å²) < 4.78 is 4.91. The number of nitrogens with one attached hydrogen (secondary N) is 1. The van der Waals surface area contributed by atoms with Crippen molar-refractivity contribution in [3.63, 3.8) is 0 Å². The van der Waals surface area contributed by atoms with Crippen LogP contribution in [0.2, 0.25) is 0 Å². The number of alkyl halides is 1. The first-order chi connectivity index (χ1) is 7.60. The number of ether oxygens (including phenoxy) is 1. The van der Waals surface area contributed by atoms with E-state index in [1.807, 2.05) is 12.3 Å². The third-order valence-electron chi connectivity index (χ3n) is 1.82. The van der Waals surface area contributed by atoms with Crippen LogP contribution in [0.4, 0.5) is 5.69 Å². The van der Waals surface area contributed by atoms with Crippen molar-refractivity contribution < 1.29 is 14.3 Å². The van der Waals surface area contributed by atoms with Gasteiger partial charge in [0.1, 0.15) is 4.88 Å². The van der Waals surface area contributed by atoms with E-state index in [9.17, 15) is 9.59 Å². The maximum Gasteiger partial charge on any atom is 0.350 e. The number of hydrogen-bond donors (Lipinski definition) is 1. The molecule has 1 heterocycles. The predicted molar refractivity (Wildman–Crippen MR) is 67.4 cm³/mol. The van der Waals surface area contributed by atoms with Gasteiger partial charge >= 0.3 is 5.97 Å². The lowest BCUT2D eigenvalue weighted by Crippen LogP contribution is -2.15. The second kappa shape index (κ2) is 6.00. The summed E-state index contributed by atoms with van der Waals surface area (Å²) in [5, 5.41) is 4.69. The highest BCUT2D eigenvalue weighted by atomic mass is 79.9. The minimum absolute atomic E-state index is 0.188. The summed E-state index contributed by atoms with van der Waals surface area (Å²) in [5.74, 6) is -0.586. The van der Waals surface area contributed by atoms with Gasteiger partial charge in [0.25, 0.3) is 0 Å². The second-order valence-electron chi connectivity index (χ2n) is 3.03. The lowest BCUT2D eigenvalue weighted by Gasteiger charge is -2.06. The zero-order valence-electron chi connectivity index (χ0n) is 9.00. The molecule has 1 aromatic heterocycles. The Morgan fingerprint density at radius 1 is 1.56 bits per heavy atom. The summed E-state index contributed by atoms with van der Waals surface area (Å²) in [6.45, 7) is 3.90. The molecule has 0 bridgehead atoms. The summed E-state index contributed by atoms with van der Waals surface area (Å²) in [7, 11) is 0. The quantitative estimate of drug-likeness (QED) is 0.687. The number of amides is 1. The summed E-state index contributed by atoms with van der Waals surface area (Å²) in [6.07, 6.45) is 0. The fraction of sp³-hybridized carbons (Fsp3) is 0.400. The normalized spacial score (nSPS) is 9.94. The third-order valence-corrected chi connectivity index (χ3v) is 3.41. The Hall–Kier alpha value is -0.880. The maximum atomic E-state index is 11.6. The highest BCUT2D eigenvalue weighted by molar-refractivity contribution is 9.09. The van der Waals surface area contributed by atoms with Crippen LogP contribution < -0.4 is 5.32 Å². The molecule has 0 aliphatic carbocycles. The molecule has 0 radical (unpaired) electrons. The lowest BCUT2D eigenvalue weighted by molar-refractivity contribution is -0.113. The smallest absolute Gasteiger partial charge is 0.350 e. The molecule has 0 spiro atoms. The molecule has 0 fully saturated rings. The molecule has 6 heteroatoms. The molecule has 1 aromatic rings. The van der Waals surface area contributed by atoms with Crippen LogP contribution in [0.15, 0.2) is 5.38 Å². The SMILES string of the molecule is CCOC(=O)c1scc(C)c1NC(=O)CBr. The Morgan fingerprint density at radius 3 is 2.81 bits per heavy atom. The van der Waals surface area contributed by atoms with E-state index in [4.69, 9.17) is 4.74 Å². The number of carbonyl (C=O) groups excluding carboxylic acids is 2. The summed E-state index contributed by atoms with van der Waals surface area (Å²) >= 11 is 4.32. The zero-order chi connectivity index (χ0) is 12.1. The zero-order valence-corrected chi connectivity index (χ0v) is 11.4. The monoisotopic (exact) mass is 305 g/mol. The van der Waals surface area contributed by atoms with E-state index in [2.05, 4.69) is 21.2 Å². The number of aryl methyl sites for hydroxylation is 1. The third kappa shape index (κ3) is 3.05. The maximum absolute atomic E-state index is 11.6. The summed E-state index contributed by atoms with van der Waals surface area (Å²) in [6, 6.07) is 0. The van der Waals surface area contributed by atoms with Crippen molar-refractivity contribution in [1.29, 1.82) is 0 Å². The average Bonchev–Trinajstić information content (AvgIpc) is 2.61. The van der Waals surface area contributed by atoms with Crippen LogP contribution in [-0.4, -0.2) is 23.8 Å². The number of anilines is 1. The molecule has 16 heavy (non-hydrogen) atoms. The predicted octanol–water partition coefficient (Wildman–Crippen LogP) is 2.57. The molecule has 1 N–H and O–H groups in total. The van der Waals surface area contributed by atoms with E-state index < -0.39 is 5.97 Å². The van der Waals surface area contributed by atoms with E-state index in [0.717, 1.165) is 5.56 Å². The molecule has 0 aliphatic heterocycles. The van der Waals surface area contributed by atoms with Crippen LogP contribution in [0, 0.1) is 6.92 Å². The average molecular weight is 306 g/mol. The van der Waals surface area contributed by atoms with Gasteiger partial charge in [0, 0.05) is 0 Å². The number of esters is 1. The first kappa shape index (κ1) is 13.2. The lowest BCUT2D eigenvalue weighted by atomic mass is 10.2. The van der Waals surface area contributed by atoms with Gasteiger partial charge in [0.05, 0.1) is 17.6 Å². The molecule has 1 rings (SSSR count). The van der Waals surface area contributed by atoms with Crippen LogP contribution >= 0.6 is 27.3 Å². The van der Waals surface area contributed by atoms with Crippen LogP contribution in [0.1, 0.15) is 22.2 Å². The van der Waals surface area contributed by atoms with Crippen LogP contribution in [-0.2, 0) is 9.53 Å². The number of halogens is 1. The highest BCUT2D eigenvalue weighted by Crippen LogP contribution is 2.28. The Bertz CT molecular complexity index is 403. The molecule has 4 nitrogen and oxygen atoms in total. The standard InChI is InChI=1S/C10H12BrNO3S/c1-3-15-10(14)9-8(6(2)5-16-9)12-7(13)4-11/h5H,3-4H2,1-2H3,(H,12,13). The Kier molecular flexibility index (Phi) is 4.95. The Labute approximate surface area is 106 Å². The van der Waals surface area contributed by atoms with Gasteiger partial charge in [-0.2, -0.15) is 0 Å². The number of carbonyl (C=O) groups is 2. The van der Waals surface area contributed by atoms with Crippen molar-refractivity contribution in [2.45, 2.75) is 13.8 Å². The van der Waals surface area contributed by atoms with Gasteiger partial charge in [-0.1, -0.05) is 15.9 Å². The molecular formula is C10H12BrNO3S. The van der Waals surface area contributed by atoms with E-state index in [0.29, 0.717) is 17.2 Å². The van der Waals surface area contributed by atoms with E-state index in [1.54, 1.807) is 6.92 Å². The van der Waals surface area contributed by atoms with Crippen molar-refractivity contribution in [2.24, 2.45) is 0 Å². The topological polar surface area (TPSA) is 55.4 Å². The minimum atomic E-state index is -0.398. The van der Waals surface area contributed by atoms with E-state index >= 15 is 0 Å². The Morgan fingerprint density at radius 2 is 2.25 bits per heavy atom. The van der Waals surface area contributed by atoms with Gasteiger partial charge < -0.3 is 10.1 Å². The molecule has 0 saturated carbocycles. The van der Waals surface area contributed by atoms with Crippen LogP contribution in [0.25, 0.3) is 0 Å². The molecule has 0 atom stereocenters. The van der Waals surface area contributed by atoms with Gasteiger partial charge in [-0.05, 0) is 24.8 Å². The molecule has 88 valence electrons. The fourth-order valence-electron chi connectivity index (χ4n) is 1.12. The van der Waals surface area contributed by atoms with Crippen LogP contribution in [0.5, 0.6) is 0 Å². The number of rotatable bonds is 4. The highest BCUT2D eigenvalue weighted by Gasteiger charge is 2.18. The number of thiophene rings is 1. The van der Waals surface area contributed by atoms with Gasteiger partial charge in [0.15, 0.2) is 0 Å². The Balaban J connectivity index is 2.93. The van der Waals surface area contributed by atoms with E-state index in [1.165, 1.54) is 11.3 Å². The molecule has 0 saturated heterocycles. The van der Waals surface area contributed by atoms with Gasteiger partial charge in [-0.3, -0.25) is 4.79 Å². The summed E-state index contributed by atoms with van der Waals surface area (Å²) in [5.41, 5.74) is 1.41. The molecular weight excluding hydrogens is 294 g/mol. The molecule has 0 unspecified atom stereocenters. The van der Waals surface area contributed by atoms with Gasteiger partial charge in [-0.25, -0.2) is 4.79 Å². The number of hydrogen-bond acceptors (Lipinski definition) is 4. The van der Waals surface area contributed by atoms with Gasteiger partial charge in [-0.15, -0.1) is 11.3 Å². The summed E-state index contributed by atoms with van der Waals surface area (Å²) in [4.78, 5) is 23.3. The second-order valence-corrected chi connectivity index (χ2v) is 4.47. The largest absolute Gasteiger partial charge is 0.462 e. The van der Waals surface area contributed by atoms with Crippen molar-refractivity contribution in [3.05, 3.63) is 15.8 Å².